The van der Waals surface area contributed by atoms with Gasteiger partial charge in [-0.3, -0.25) is 4.79 Å². The van der Waals surface area contributed by atoms with Gasteiger partial charge in [-0.1, -0.05) is 18.0 Å². The number of carbonyl (C=O) groups is 2. The Morgan fingerprint density at radius 1 is 1.31 bits per heavy atom. The van der Waals surface area contributed by atoms with Crippen LogP contribution < -0.4 is 15.6 Å². The number of anilines is 1. The number of aryl methyl sites for hydroxylation is 1. The Morgan fingerprint density at radius 3 is 2.72 bits per heavy atom. The molecule has 2 fully saturated rings. The zero-order valence-corrected chi connectivity index (χ0v) is 21.8. The molecule has 14 heteroatoms. The van der Waals surface area contributed by atoms with E-state index in [0.29, 0.717) is 25.0 Å². The third kappa shape index (κ3) is 4.99. The van der Waals surface area contributed by atoms with Crippen molar-refractivity contribution >= 4 is 45.9 Å². The number of fused-ring (bicyclic) bond motifs is 1. The minimum Gasteiger partial charge on any atom is -0.477 e. The van der Waals surface area contributed by atoms with Gasteiger partial charge in [-0.2, -0.15) is 0 Å². The van der Waals surface area contributed by atoms with Crippen LogP contribution in [-0.4, -0.2) is 61.7 Å². The van der Waals surface area contributed by atoms with Crippen LogP contribution in [-0.2, 0) is 0 Å². The third-order valence-corrected chi connectivity index (χ3v) is 7.60. The van der Waals surface area contributed by atoms with Crippen LogP contribution in [0, 0.1) is 22.9 Å². The fourth-order valence-corrected chi connectivity index (χ4v) is 5.62. The van der Waals surface area contributed by atoms with Gasteiger partial charge in [0.15, 0.2) is 0 Å². The van der Waals surface area contributed by atoms with Crippen LogP contribution in [0.1, 0.15) is 59.1 Å². The van der Waals surface area contributed by atoms with Crippen LogP contribution >= 0.6 is 11.6 Å². The van der Waals surface area contributed by atoms with Crippen LogP contribution in [0.2, 0.25) is 5.02 Å². The van der Waals surface area contributed by atoms with Crippen molar-refractivity contribution in [2.45, 2.75) is 51.1 Å². The molecule has 0 bridgehead atoms. The molecule has 3 aromatic rings. The van der Waals surface area contributed by atoms with Crippen molar-refractivity contribution in [2.75, 3.05) is 24.5 Å². The molecule has 2 aromatic heterocycles. The summed E-state index contributed by atoms with van der Waals surface area (Å²) in [6.07, 6.45) is 6.08. The van der Waals surface area contributed by atoms with Crippen molar-refractivity contribution in [1.82, 2.24) is 19.4 Å². The Kier molecular flexibility index (Phi) is 7.12. The maximum atomic E-state index is 15.6. The highest BCUT2D eigenvalue weighted by Crippen LogP contribution is 2.42. The van der Waals surface area contributed by atoms with Gasteiger partial charge in [0.05, 0.1) is 28.2 Å². The summed E-state index contributed by atoms with van der Waals surface area (Å²) in [7, 11) is 0. The number of aromatic nitrogens is 3. The zero-order chi connectivity index (χ0) is 28.0. The monoisotopic (exact) mass is 560 g/mol. The summed E-state index contributed by atoms with van der Waals surface area (Å²) in [5.74, 6) is -2.88. The first-order valence-corrected chi connectivity index (χ1v) is 13.0. The SMILES string of the molecule is Cc1ncc([N+](=O)[O-])n1C(=O)CN[C@H]1CCCCN(c2c(F)cc3c(=O)c(C(=O)O)cn(C4CC4)c3c2Cl)C1. The van der Waals surface area contributed by atoms with Gasteiger partial charge in [-0.15, -0.1) is 4.57 Å². The normalized spacial score (nSPS) is 17.8. The molecule has 0 unspecified atom stereocenters. The Bertz CT molecular complexity index is 1560. The van der Waals surface area contributed by atoms with Crippen molar-refractivity contribution in [3.63, 3.8) is 0 Å². The van der Waals surface area contributed by atoms with Gasteiger partial charge >= 0.3 is 17.7 Å². The Morgan fingerprint density at radius 2 is 2.05 bits per heavy atom. The van der Waals surface area contributed by atoms with Crippen molar-refractivity contribution < 1.29 is 24.0 Å². The van der Waals surface area contributed by atoms with Gasteiger partial charge in [-0.25, -0.2) is 19.0 Å². The number of halogens is 2. The average Bonchev–Trinajstić information content (AvgIpc) is 3.68. The fraction of sp³-hybridized carbons (Fsp3) is 0.440. The van der Waals surface area contributed by atoms with Gasteiger partial charge in [0, 0.05) is 38.3 Å². The third-order valence-electron chi connectivity index (χ3n) is 7.24. The number of rotatable bonds is 7. The van der Waals surface area contributed by atoms with Crippen LogP contribution in [0.5, 0.6) is 0 Å². The predicted molar refractivity (Wildman–Crippen MR) is 141 cm³/mol. The van der Waals surface area contributed by atoms with Crippen molar-refractivity contribution in [3.05, 3.63) is 61.0 Å². The van der Waals surface area contributed by atoms with Crippen LogP contribution in [0.15, 0.2) is 23.3 Å². The lowest BCUT2D eigenvalue weighted by molar-refractivity contribution is -0.390. The molecule has 1 aliphatic carbocycles. The van der Waals surface area contributed by atoms with E-state index >= 15 is 4.39 Å². The number of carboxylic acids is 1. The summed E-state index contributed by atoms with van der Waals surface area (Å²) in [5.41, 5.74) is -0.811. The van der Waals surface area contributed by atoms with Crippen LogP contribution in [0.3, 0.4) is 0 Å². The topological polar surface area (TPSA) is 153 Å². The minimum absolute atomic E-state index is 0.0257. The first-order chi connectivity index (χ1) is 18.6. The summed E-state index contributed by atoms with van der Waals surface area (Å²) < 4.78 is 18.2. The van der Waals surface area contributed by atoms with E-state index in [1.165, 1.54) is 13.1 Å². The number of nitrogens with one attached hydrogen (secondary N) is 1. The molecule has 0 spiro atoms. The first kappa shape index (κ1) is 26.8. The molecular weight excluding hydrogens is 535 g/mol. The first-order valence-electron chi connectivity index (χ1n) is 12.6. The van der Waals surface area contributed by atoms with E-state index in [0.717, 1.165) is 42.5 Å². The lowest BCUT2D eigenvalue weighted by atomic mass is 10.1. The molecule has 1 atom stereocenters. The van der Waals surface area contributed by atoms with Gasteiger partial charge in [0.1, 0.15) is 17.6 Å². The Balaban J connectivity index is 1.45. The van der Waals surface area contributed by atoms with Crippen molar-refractivity contribution in [2.24, 2.45) is 0 Å². The molecule has 206 valence electrons. The number of aromatic carboxylic acids is 1. The van der Waals surface area contributed by atoms with Crippen molar-refractivity contribution in [1.29, 1.82) is 0 Å². The summed E-state index contributed by atoms with van der Waals surface area (Å²) >= 11 is 6.78. The summed E-state index contributed by atoms with van der Waals surface area (Å²) in [5, 5.41) is 23.8. The number of benzene rings is 1. The second-order valence-electron chi connectivity index (χ2n) is 9.90. The quantitative estimate of drug-likeness (QED) is 0.326. The molecule has 0 amide bonds. The van der Waals surface area contributed by atoms with E-state index in [2.05, 4.69) is 10.3 Å². The molecule has 2 aliphatic rings. The van der Waals surface area contributed by atoms with Gasteiger partial charge < -0.3 is 30.0 Å². The predicted octanol–water partition coefficient (Wildman–Crippen LogP) is 3.53. The van der Waals surface area contributed by atoms with Crippen LogP contribution in [0.4, 0.5) is 15.9 Å². The van der Waals surface area contributed by atoms with E-state index in [9.17, 15) is 29.6 Å². The largest absolute Gasteiger partial charge is 0.477 e. The molecule has 5 rings (SSSR count). The summed E-state index contributed by atoms with van der Waals surface area (Å²) in [4.78, 5) is 53.5. The van der Waals surface area contributed by atoms with Crippen LogP contribution in [0.25, 0.3) is 10.9 Å². The maximum Gasteiger partial charge on any atom is 0.350 e. The molecule has 3 heterocycles. The highest BCUT2D eigenvalue weighted by molar-refractivity contribution is 6.38. The number of nitro groups is 1. The summed E-state index contributed by atoms with van der Waals surface area (Å²) in [6, 6.07) is 0.773. The number of imidazole rings is 1. The Hall–Kier alpha value is -3.84. The molecule has 39 heavy (non-hydrogen) atoms. The number of hydrogen-bond donors (Lipinski definition) is 2. The number of carbonyl (C=O) groups excluding carboxylic acids is 1. The van der Waals surface area contributed by atoms with E-state index in [4.69, 9.17) is 11.6 Å². The number of carboxylic acid groups (broad SMARTS) is 1. The maximum absolute atomic E-state index is 15.6. The second-order valence-corrected chi connectivity index (χ2v) is 10.3. The number of pyridine rings is 1. The van der Waals surface area contributed by atoms with E-state index < -0.39 is 39.4 Å². The lowest BCUT2D eigenvalue weighted by Gasteiger charge is -2.29. The average molecular weight is 561 g/mol. The van der Waals surface area contributed by atoms with Gasteiger partial charge in [0.2, 0.25) is 11.3 Å². The highest BCUT2D eigenvalue weighted by Gasteiger charge is 2.32. The molecule has 1 saturated carbocycles. The number of nitrogens with zero attached hydrogens (tertiary/aromatic N) is 5. The number of hydrogen-bond acceptors (Lipinski definition) is 8. The van der Waals surface area contributed by atoms with Gasteiger partial charge in [0.25, 0.3) is 0 Å². The molecule has 12 nitrogen and oxygen atoms in total. The molecule has 2 N–H and O–H groups in total. The molecule has 0 radical (unpaired) electrons. The molecule has 1 saturated heterocycles. The highest BCUT2D eigenvalue weighted by atomic mass is 35.5. The molecular formula is C25H26ClFN6O6. The molecule has 1 aromatic carbocycles. The second kappa shape index (κ2) is 10.4. The lowest BCUT2D eigenvalue weighted by Crippen LogP contribution is -2.43. The van der Waals surface area contributed by atoms with E-state index in [1.54, 1.807) is 9.47 Å². The smallest absolute Gasteiger partial charge is 0.350 e. The molecule has 1 aliphatic heterocycles. The van der Waals surface area contributed by atoms with Gasteiger partial charge in [-0.05, 0) is 36.7 Å². The van der Waals surface area contributed by atoms with E-state index in [1.807, 2.05) is 0 Å². The van der Waals surface area contributed by atoms with Crippen molar-refractivity contribution in [3.8, 4) is 0 Å². The fourth-order valence-electron chi connectivity index (χ4n) is 5.21. The zero-order valence-electron chi connectivity index (χ0n) is 21.0. The summed E-state index contributed by atoms with van der Waals surface area (Å²) in [6.45, 7) is 2.08. The minimum atomic E-state index is -1.39. The van der Waals surface area contributed by atoms with E-state index in [-0.39, 0.29) is 40.5 Å². The standard InChI is InChI=1S/C25H26ClFN6O6/c1-13-28-9-19(33(38)39)32(13)20(34)10-29-14-4-2-3-7-30(11-14)23-18(27)8-16-22(21(23)26)31(15-5-6-15)12-17(24(16)35)25(36)37/h8-9,12,14-15,29H,2-7,10-11H2,1H3,(H,36,37)/t14-/m0/s1. The Labute approximate surface area is 226 Å².